The number of rotatable bonds is 6. The van der Waals surface area contributed by atoms with E-state index in [2.05, 4.69) is 19.2 Å². The Morgan fingerprint density at radius 2 is 1.75 bits per heavy atom. The van der Waals surface area contributed by atoms with Crippen LogP contribution in [0.25, 0.3) is 0 Å². The molecule has 0 heterocycles. The zero-order valence-electron chi connectivity index (χ0n) is 10.6. The van der Waals surface area contributed by atoms with E-state index in [0.29, 0.717) is 6.04 Å². The molecule has 0 aromatic rings. The van der Waals surface area contributed by atoms with Gasteiger partial charge in [0.2, 0.25) is 0 Å². The number of nitrogens with one attached hydrogen (secondary N) is 1. The van der Waals surface area contributed by atoms with Crippen LogP contribution >= 0.6 is 0 Å². The first-order chi connectivity index (χ1) is 7.42. The summed E-state index contributed by atoms with van der Waals surface area (Å²) < 4.78 is 0. The molecule has 94 valence electrons. The summed E-state index contributed by atoms with van der Waals surface area (Å²) in [5.74, 6) is -0.130. The van der Waals surface area contributed by atoms with E-state index in [1.165, 1.54) is 0 Å². The molecule has 0 aliphatic rings. The van der Waals surface area contributed by atoms with Crippen molar-refractivity contribution in [2.24, 2.45) is 11.7 Å². The van der Waals surface area contributed by atoms with Crippen molar-refractivity contribution in [2.75, 3.05) is 0 Å². The second-order valence-electron chi connectivity index (χ2n) is 4.39. The van der Waals surface area contributed by atoms with E-state index in [4.69, 9.17) is 5.73 Å². The van der Waals surface area contributed by atoms with Crippen LogP contribution in [-0.2, 0) is 4.79 Å². The fourth-order valence-electron chi connectivity index (χ4n) is 1.67. The summed E-state index contributed by atoms with van der Waals surface area (Å²) >= 11 is 0. The molecular weight excluding hydrogens is 206 g/mol. The molecule has 0 aliphatic heterocycles. The monoisotopic (exact) mass is 230 g/mol. The van der Waals surface area contributed by atoms with Gasteiger partial charge in [0, 0.05) is 5.92 Å². The average molecular weight is 230 g/mol. The second kappa shape index (κ2) is 7.22. The van der Waals surface area contributed by atoms with Crippen LogP contribution in [-0.4, -0.2) is 24.0 Å². The predicted octanol–water partition coefficient (Wildman–Crippen LogP) is -0.0421. The van der Waals surface area contributed by atoms with E-state index in [-0.39, 0.29) is 17.9 Å². The summed E-state index contributed by atoms with van der Waals surface area (Å²) in [6.45, 7) is 8.11. The Bertz CT molecular complexity index is 237. The van der Waals surface area contributed by atoms with Crippen molar-refractivity contribution in [3.63, 3.8) is 0 Å². The minimum Gasteiger partial charge on any atom is -0.351 e. The van der Waals surface area contributed by atoms with Gasteiger partial charge in [-0.2, -0.15) is 0 Å². The third-order valence-electron chi connectivity index (χ3n) is 2.80. The van der Waals surface area contributed by atoms with E-state index in [1.807, 2.05) is 19.2 Å². The highest BCUT2D eigenvalue weighted by Gasteiger charge is 2.28. The van der Waals surface area contributed by atoms with Gasteiger partial charge in [0.25, 0.3) is 5.91 Å². The maximum absolute atomic E-state index is 11.7. The molecule has 0 radical (unpaired) electrons. The van der Waals surface area contributed by atoms with E-state index >= 15 is 0 Å². The molecule has 0 bridgehead atoms. The van der Waals surface area contributed by atoms with Crippen LogP contribution < -0.4 is 16.4 Å². The number of hydrogen-bond donors (Lipinski definition) is 3. The largest absolute Gasteiger partial charge is 0.351 e. The van der Waals surface area contributed by atoms with Gasteiger partial charge in [-0.3, -0.25) is 10.1 Å². The maximum Gasteiger partial charge on any atom is 0.319 e. The Morgan fingerprint density at radius 1 is 1.25 bits per heavy atom. The smallest absolute Gasteiger partial charge is 0.319 e. The Kier molecular flexibility index (Phi) is 6.72. The summed E-state index contributed by atoms with van der Waals surface area (Å²) in [7, 11) is 0. The molecule has 0 unspecified atom stereocenters. The number of amides is 3. The minimum atomic E-state index is -0.784. The average Bonchev–Trinajstić information content (AvgIpc) is 2.17. The van der Waals surface area contributed by atoms with Gasteiger partial charge in [-0.1, -0.05) is 27.7 Å². The van der Waals surface area contributed by atoms with E-state index in [9.17, 15) is 9.59 Å². The van der Waals surface area contributed by atoms with Gasteiger partial charge < -0.3 is 11.1 Å². The van der Waals surface area contributed by atoms with Crippen LogP contribution in [0.5, 0.6) is 0 Å². The molecule has 0 aromatic carbocycles. The molecule has 0 aromatic heterocycles. The molecule has 3 amide bonds. The van der Waals surface area contributed by atoms with Crippen molar-refractivity contribution in [1.82, 2.24) is 5.32 Å². The second-order valence-corrected chi connectivity index (χ2v) is 4.39. The first-order valence-corrected chi connectivity index (χ1v) is 5.87. The standard InChI is InChI=1S/C11H23N3O2/c1-5-8(6-2)13-9(7(3)4)10(15)14-11(12)16/h7-9,13H,5-6H2,1-4H3,(H3,12,14,15,16)/p+1/t9-/m0/s1. The van der Waals surface area contributed by atoms with Gasteiger partial charge >= 0.3 is 6.03 Å². The number of carbonyl (C=O) groups is 2. The van der Waals surface area contributed by atoms with Gasteiger partial charge in [0.05, 0.1) is 6.04 Å². The van der Waals surface area contributed by atoms with E-state index in [1.54, 1.807) is 0 Å². The molecule has 0 spiro atoms. The molecular formula is C11H24N3O2+. The molecule has 0 rings (SSSR count). The Morgan fingerprint density at radius 3 is 2.06 bits per heavy atom. The maximum atomic E-state index is 11.7. The molecule has 0 fully saturated rings. The first kappa shape index (κ1) is 14.9. The number of primary amides is 1. The van der Waals surface area contributed by atoms with Crippen LogP contribution in [0.4, 0.5) is 4.79 Å². The Balaban J connectivity index is 4.48. The fourth-order valence-corrected chi connectivity index (χ4v) is 1.67. The minimum absolute atomic E-state index is 0.167. The summed E-state index contributed by atoms with van der Waals surface area (Å²) in [5.41, 5.74) is 4.94. The zero-order valence-corrected chi connectivity index (χ0v) is 10.6. The molecule has 5 N–H and O–H groups in total. The molecule has 1 atom stereocenters. The van der Waals surface area contributed by atoms with Gasteiger partial charge in [-0.05, 0) is 12.8 Å². The number of carbonyl (C=O) groups excluding carboxylic acids is 2. The number of urea groups is 1. The van der Waals surface area contributed by atoms with Gasteiger partial charge in [0.15, 0.2) is 6.04 Å². The lowest BCUT2D eigenvalue weighted by atomic mass is 10.0. The summed E-state index contributed by atoms with van der Waals surface area (Å²) in [6, 6.07) is -0.628. The lowest BCUT2D eigenvalue weighted by Gasteiger charge is -2.22. The summed E-state index contributed by atoms with van der Waals surface area (Å²) in [4.78, 5) is 22.4. The molecule has 0 aliphatic carbocycles. The molecule has 0 saturated heterocycles. The lowest BCUT2D eigenvalue weighted by molar-refractivity contribution is -0.715. The van der Waals surface area contributed by atoms with Crippen LogP contribution in [0.2, 0.25) is 0 Å². The highest BCUT2D eigenvalue weighted by atomic mass is 16.2. The summed E-state index contributed by atoms with van der Waals surface area (Å²) in [6.07, 6.45) is 2.01. The molecule has 0 saturated carbocycles. The van der Waals surface area contributed by atoms with Crippen LogP contribution in [0, 0.1) is 5.92 Å². The highest BCUT2D eigenvalue weighted by Crippen LogP contribution is 1.99. The topological polar surface area (TPSA) is 88.8 Å². The third kappa shape index (κ3) is 5.11. The van der Waals surface area contributed by atoms with Gasteiger partial charge in [-0.15, -0.1) is 0 Å². The van der Waals surface area contributed by atoms with Crippen molar-refractivity contribution < 1.29 is 14.9 Å². The van der Waals surface area contributed by atoms with E-state index in [0.717, 1.165) is 12.8 Å². The van der Waals surface area contributed by atoms with Gasteiger partial charge in [-0.25, -0.2) is 4.79 Å². The third-order valence-corrected chi connectivity index (χ3v) is 2.80. The molecule has 16 heavy (non-hydrogen) atoms. The Hall–Kier alpha value is -1.10. The van der Waals surface area contributed by atoms with E-state index < -0.39 is 6.03 Å². The first-order valence-electron chi connectivity index (χ1n) is 5.87. The quantitative estimate of drug-likeness (QED) is 0.597. The van der Waals surface area contributed by atoms with Crippen molar-refractivity contribution in [1.29, 1.82) is 0 Å². The normalized spacial score (nSPS) is 12.9. The van der Waals surface area contributed by atoms with Crippen LogP contribution in [0.3, 0.4) is 0 Å². The zero-order chi connectivity index (χ0) is 12.7. The fraction of sp³-hybridized carbons (Fsp3) is 0.818. The number of imide groups is 1. The summed E-state index contributed by atoms with van der Waals surface area (Å²) in [5, 5.41) is 4.18. The van der Waals surface area contributed by atoms with Gasteiger partial charge in [0.1, 0.15) is 0 Å². The predicted molar refractivity (Wildman–Crippen MR) is 62.6 cm³/mol. The van der Waals surface area contributed by atoms with Crippen LogP contribution in [0.15, 0.2) is 0 Å². The lowest BCUT2D eigenvalue weighted by Crippen LogP contribution is -2.98. The Labute approximate surface area is 97.2 Å². The number of hydrogen-bond acceptors (Lipinski definition) is 2. The molecule has 5 heteroatoms. The molecule has 5 nitrogen and oxygen atoms in total. The highest BCUT2D eigenvalue weighted by molar-refractivity contribution is 5.95. The van der Waals surface area contributed by atoms with Crippen molar-refractivity contribution >= 4 is 11.9 Å². The van der Waals surface area contributed by atoms with Crippen LogP contribution in [0.1, 0.15) is 40.5 Å². The van der Waals surface area contributed by atoms with Crippen molar-refractivity contribution in [3.05, 3.63) is 0 Å². The number of quaternary nitrogens is 1. The van der Waals surface area contributed by atoms with Crippen molar-refractivity contribution in [2.45, 2.75) is 52.6 Å². The number of nitrogens with two attached hydrogens (primary N) is 2. The SMILES string of the molecule is CCC(CC)[NH2+][C@H](C(=O)NC(N)=O)C(C)C. The van der Waals surface area contributed by atoms with Crippen molar-refractivity contribution in [3.8, 4) is 0 Å².